The van der Waals surface area contributed by atoms with Crippen LogP contribution in [0.1, 0.15) is 86.6 Å². The second kappa shape index (κ2) is 11.0. The number of phenolic OH excluding ortho intramolecular Hbond substituents is 1. The lowest BCUT2D eigenvalue weighted by Gasteiger charge is -2.42. The number of aliphatic hydroxyl groups is 1. The standard InChI is InChI=1S/C32H40N4O5/c1-4-22-14-23(28(16-26(22)37)40-18-21-9-10-21)11-12-32(24-7-5-6-8-24)17-27(38)25(30(39)41-32)15-29-34-31-33-19(2)13-20(3)36(31)35-29/h13-14,16,21,24,37-38H,4-12,15,17-18H2,1-3H3. The highest BCUT2D eigenvalue weighted by Gasteiger charge is 2.48. The average Bonchev–Trinajstić information content (AvgIpc) is 3.40. The first-order chi connectivity index (χ1) is 19.7. The van der Waals surface area contributed by atoms with Crippen LogP contribution in [0.2, 0.25) is 0 Å². The Morgan fingerprint density at radius 2 is 1.85 bits per heavy atom. The van der Waals surface area contributed by atoms with Crippen molar-refractivity contribution in [2.75, 3.05) is 6.61 Å². The predicted octanol–water partition coefficient (Wildman–Crippen LogP) is 5.66. The molecule has 3 aromatic rings. The van der Waals surface area contributed by atoms with Gasteiger partial charge in [-0.1, -0.05) is 19.8 Å². The average molecular weight is 561 g/mol. The number of aryl methyl sites for hydroxylation is 4. The molecule has 0 amide bonds. The summed E-state index contributed by atoms with van der Waals surface area (Å²) >= 11 is 0. The Kier molecular flexibility index (Phi) is 7.38. The van der Waals surface area contributed by atoms with E-state index in [0.717, 1.165) is 48.2 Å². The second-order valence-electron chi connectivity index (χ2n) is 12.2. The third kappa shape index (κ3) is 5.63. The summed E-state index contributed by atoms with van der Waals surface area (Å²) in [5, 5.41) is 26.4. The highest BCUT2D eigenvalue weighted by molar-refractivity contribution is 5.90. The summed E-state index contributed by atoms with van der Waals surface area (Å²) in [6, 6.07) is 5.69. The van der Waals surface area contributed by atoms with Gasteiger partial charge in [-0.2, -0.15) is 4.98 Å². The zero-order valence-corrected chi connectivity index (χ0v) is 24.3. The van der Waals surface area contributed by atoms with E-state index in [1.54, 1.807) is 10.6 Å². The van der Waals surface area contributed by atoms with Crippen molar-refractivity contribution >= 4 is 11.7 Å². The predicted molar refractivity (Wildman–Crippen MR) is 153 cm³/mol. The molecule has 0 radical (unpaired) electrons. The largest absolute Gasteiger partial charge is 0.512 e. The number of cyclic esters (lactones) is 1. The number of hydrogen-bond acceptors (Lipinski definition) is 8. The molecular weight excluding hydrogens is 520 g/mol. The highest BCUT2D eigenvalue weighted by Crippen LogP contribution is 2.46. The van der Waals surface area contributed by atoms with E-state index < -0.39 is 11.6 Å². The van der Waals surface area contributed by atoms with Crippen molar-refractivity contribution in [3.05, 3.63) is 57.9 Å². The van der Waals surface area contributed by atoms with Gasteiger partial charge in [-0.15, -0.1) is 5.10 Å². The Balaban J connectivity index is 1.26. The summed E-state index contributed by atoms with van der Waals surface area (Å²) in [6.07, 6.45) is 8.76. The van der Waals surface area contributed by atoms with Crippen LogP contribution in [0.4, 0.5) is 0 Å². The molecule has 41 heavy (non-hydrogen) atoms. The fourth-order valence-corrected chi connectivity index (χ4v) is 6.54. The first kappa shape index (κ1) is 27.5. The van der Waals surface area contributed by atoms with Crippen molar-refractivity contribution < 1.29 is 24.5 Å². The SMILES string of the molecule is CCc1cc(CCC2(C3CCCC3)CC(O)=C(Cc3nc4nc(C)cc(C)n4n3)C(=O)O2)c(OCC2CC2)cc1O. The van der Waals surface area contributed by atoms with E-state index >= 15 is 0 Å². The highest BCUT2D eigenvalue weighted by atomic mass is 16.6. The second-order valence-corrected chi connectivity index (χ2v) is 12.2. The number of rotatable bonds is 10. The van der Waals surface area contributed by atoms with Crippen molar-refractivity contribution in [3.63, 3.8) is 0 Å². The van der Waals surface area contributed by atoms with Crippen LogP contribution in [0.5, 0.6) is 11.5 Å². The number of nitrogens with zero attached hydrogens (tertiary/aromatic N) is 4. The molecule has 0 bridgehead atoms. The molecule has 1 unspecified atom stereocenters. The van der Waals surface area contributed by atoms with Crippen LogP contribution < -0.4 is 4.74 Å². The van der Waals surface area contributed by atoms with Crippen molar-refractivity contribution in [1.82, 2.24) is 19.6 Å². The number of carbonyl (C=O) groups excluding carboxylic acids is 1. The summed E-state index contributed by atoms with van der Waals surface area (Å²) in [6.45, 7) is 6.51. The number of hydrogen-bond donors (Lipinski definition) is 2. The van der Waals surface area contributed by atoms with Crippen LogP contribution in [-0.4, -0.2) is 48.0 Å². The van der Waals surface area contributed by atoms with Gasteiger partial charge in [0.15, 0.2) is 5.82 Å². The van der Waals surface area contributed by atoms with E-state index in [1.807, 2.05) is 32.9 Å². The summed E-state index contributed by atoms with van der Waals surface area (Å²) in [5.74, 6) is 2.19. The number of carbonyl (C=O) groups is 1. The van der Waals surface area contributed by atoms with Crippen LogP contribution in [0.3, 0.4) is 0 Å². The molecule has 9 nitrogen and oxygen atoms in total. The van der Waals surface area contributed by atoms with Gasteiger partial charge in [0.2, 0.25) is 0 Å². The number of phenols is 1. The number of aromatic nitrogens is 4. The summed E-state index contributed by atoms with van der Waals surface area (Å²) < 4.78 is 14.2. The topological polar surface area (TPSA) is 119 Å². The van der Waals surface area contributed by atoms with E-state index in [9.17, 15) is 15.0 Å². The quantitative estimate of drug-likeness (QED) is 0.305. The molecule has 2 saturated carbocycles. The smallest absolute Gasteiger partial charge is 0.338 e. The van der Waals surface area contributed by atoms with Gasteiger partial charge in [0.1, 0.15) is 22.9 Å². The number of aromatic hydroxyl groups is 1. The molecular formula is C32H40N4O5. The van der Waals surface area contributed by atoms with Crippen LogP contribution in [0, 0.1) is 25.7 Å². The van der Waals surface area contributed by atoms with Gasteiger partial charge >= 0.3 is 5.97 Å². The Labute approximate surface area is 240 Å². The van der Waals surface area contributed by atoms with Crippen LogP contribution in [0.25, 0.3) is 5.78 Å². The van der Waals surface area contributed by atoms with Crippen LogP contribution in [-0.2, 0) is 28.8 Å². The lowest BCUT2D eigenvalue weighted by Crippen LogP contribution is -2.46. The van der Waals surface area contributed by atoms with Gasteiger partial charge in [0, 0.05) is 30.3 Å². The van der Waals surface area contributed by atoms with Gasteiger partial charge < -0.3 is 19.7 Å². The van der Waals surface area contributed by atoms with Crippen molar-refractivity contribution in [1.29, 1.82) is 0 Å². The lowest BCUT2D eigenvalue weighted by molar-refractivity contribution is -0.167. The first-order valence-electron chi connectivity index (χ1n) is 15.1. The third-order valence-electron chi connectivity index (χ3n) is 9.09. The molecule has 3 aliphatic rings. The fraction of sp³-hybridized carbons (Fsp3) is 0.562. The van der Waals surface area contributed by atoms with Crippen LogP contribution >= 0.6 is 0 Å². The summed E-state index contributed by atoms with van der Waals surface area (Å²) in [5.41, 5.74) is 3.05. The minimum atomic E-state index is -0.791. The van der Waals surface area contributed by atoms with Crippen molar-refractivity contribution in [2.24, 2.45) is 11.8 Å². The van der Waals surface area contributed by atoms with E-state index in [2.05, 4.69) is 15.1 Å². The molecule has 0 saturated heterocycles. The Bertz CT molecular complexity index is 1500. The van der Waals surface area contributed by atoms with Gasteiger partial charge in [0.05, 0.1) is 12.2 Å². The molecule has 218 valence electrons. The van der Waals surface area contributed by atoms with E-state index in [1.165, 1.54) is 12.8 Å². The maximum absolute atomic E-state index is 13.5. The number of fused-ring (bicyclic) bond motifs is 1. The van der Waals surface area contributed by atoms with Crippen molar-refractivity contribution in [2.45, 2.75) is 97.0 Å². The van der Waals surface area contributed by atoms with Crippen LogP contribution in [0.15, 0.2) is 29.5 Å². The lowest BCUT2D eigenvalue weighted by atomic mass is 9.76. The zero-order valence-electron chi connectivity index (χ0n) is 24.3. The minimum absolute atomic E-state index is 0.0676. The summed E-state index contributed by atoms with van der Waals surface area (Å²) in [4.78, 5) is 22.5. The molecule has 2 aromatic heterocycles. The number of ether oxygens (including phenoxy) is 2. The molecule has 2 aliphatic carbocycles. The summed E-state index contributed by atoms with van der Waals surface area (Å²) in [7, 11) is 0. The Hall–Kier alpha value is -3.62. The monoisotopic (exact) mass is 560 g/mol. The molecule has 2 N–H and O–H groups in total. The molecule has 1 aliphatic heterocycles. The Morgan fingerprint density at radius 1 is 1.07 bits per heavy atom. The normalized spacial score (nSPS) is 21.6. The maximum Gasteiger partial charge on any atom is 0.338 e. The zero-order chi connectivity index (χ0) is 28.7. The van der Waals surface area contributed by atoms with Gasteiger partial charge in [-0.05, 0) is 93.9 Å². The first-order valence-corrected chi connectivity index (χ1v) is 15.1. The van der Waals surface area contributed by atoms with E-state index in [4.69, 9.17) is 9.47 Å². The number of aliphatic hydroxyl groups excluding tert-OH is 1. The molecule has 2 fully saturated rings. The Morgan fingerprint density at radius 3 is 2.56 bits per heavy atom. The number of esters is 1. The van der Waals surface area contributed by atoms with Gasteiger partial charge in [0.25, 0.3) is 5.78 Å². The molecule has 3 heterocycles. The molecule has 1 atom stereocenters. The van der Waals surface area contributed by atoms with E-state index in [0.29, 0.717) is 49.1 Å². The molecule has 6 rings (SSSR count). The molecule has 0 spiro atoms. The van der Waals surface area contributed by atoms with Gasteiger partial charge in [-0.25, -0.2) is 14.3 Å². The molecule has 9 heteroatoms. The maximum atomic E-state index is 13.5. The van der Waals surface area contributed by atoms with Gasteiger partial charge in [-0.3, -0.25) is 0 Å². The third-order valence-corrected chi connectivity index (χ3v) is 9.09. The number of benzene rings is 1. The van der Waals surface area contributed by atoms with Crippen molar-refractivity contribution in [3.8, 4) is 11.5 Å². The fourth-order valence-electron chi connectivity index (χ4n) is 6.54. The van der Waals surface area contributed by atoms with E-state index in [-0.39, 0.29) is 35.8 Å². The molecule has 1 aromatic carbocycles. The minimum Gasteiger partial charge on any atom is -0.512 e.